The number of methoxy groups -OCH3 is 1. The molecule has 1 rings (SSSR count). The van der Waals surface area contributed by atoms with Gasteiger partial charge in [0.1, 0.15) is 5.75 Å². The Labute approximate surface area is 88.2 Å². The highest BCUT2D eigenvalue weighted by Crippen LogP contribution is 2.26. The van der Waals surface area contributed by atoms with Gasteiger partial charge in [0, 0.05) is 5.69 Å². The first kappa shape index (κ1) is 11.2. The SMILES string of the molecule is CCOC(=O)Nc1cc(N)ccc1OC. The zero-order chi connectivity index (χ0) is 11.3. The van der Waals surface area contributed by atoms with E-state index in [1.807, 2.05) is 0 Å². The van der Waals surface area contributed by atoms with Crippen molar-refractivity contribution in [1.82, 2.24) is 0 Å². The van der Waals surface area contributed by atoms with Crippen LogP contribution in [0.1, 0.15) is 6.92 Å². The Hall–Kier alpha value is -1.91. The Balaban J connectivity index is 2.82. The van der Waals surface area contributed by atoms with Gasteiger partial charge in [-0.1, -0.05) is 0 Å². The van der Waals surface area contributed by atoms with Crippen LogP contribution in [-0.2, 0) is 4.74 Å². The summed E-state index contributed by atoms with van der Waals surface area (Å²) in [5.41, 5.74) is 6.62. The first-order chi connectivity index (χ1) is 7.17. The Morgan fingerprint density at radius 3 is 2.87 bits per heavy atom. The number of carbonyl (C=O) groups is 1. The van der Waals surface area contributed by atoms with E-state index in [9.17, 15) is 4.79 Å². The lowest BCUT2D eigenvalue weighted by atomic mass is 10.2. The topological polar surface area (TPSA) is 73.6 Å². The van der Waals surface area contributed by atoms with Gasteiger partial charge in [0.2, 0.25) is 0 Å². The van der Waals surface area contributed by atoms with Gasteiger partial charge in [-0.25, -0.2) is 4.79 Å². The first-order valence-electron chi connectivity index (χ1n) is 4.54. The number of ether oxygens (including phenoxy) is 2. The summed E-state index contributed by atoms with van der Waals surface area (Å²) in [5, 5.41) is 2.54. The van der Waals surface area contributed by atoms with Crippen LogP contribution in [-0.4, -0.2) is 19.8 Å². The second kappa shape index (κ2) is 5.09. The molecule has 0 spiro atoms. The van der Waals surface area contributed by atoms with E-state index >= 15 is 0 Å². The van der Waals surface area contributed by atoms with Gasteiger partial charge in [-0.3, -0.25) is 5.32 Å². The summed E-state index contributed by atoms with van der Waals surface area (Å²) in [6.07, 6.45) is -0.526. The predicted molar refractivity (Wildman–Crippen MR) is 58.1 cm³/mol. The van der Waals surface area contributed by atoms with E-state index in [1.165, 1.54) is 7.11 Å². The van der Waals surface area contributed by atoms with E-state index in [2.05, 4.69) is 5.32 Å². The van der Waals surface area contributed by atoms with Gasteiger partial charge in [0.25, 0.3) is 0 Å². The molecule has 0 aliphatic heterocycles. The highest BCUT2D eigenvalue weighted by molar-refractivity contribution is 5.87. The molecule has 1 amide bonds. The fourth-order valence-corrected chi connectivity index (χ4v) is 1.10. The molecule has 1 aromatic carbocycles. The maximum Gasteiger partial charge on any atom is 0.411 e. The smallest absolute Gasteiger partial charge is 0.411 e. The van der Waals surface area contributed by atoms with Crippen molar-refractivity contribution in [3.05, 3.63) is 18.2 Å². The second-order valence-electron chi connectivity index (χ2n) is 2.81. The van der Waals surface area contributed by atoms with E-state index < -0.39 is 6.09 Å². The first-order valence-corrected chi connectivity index (χ1v) is 4.54. The van der Waals surface area contributed by atoms with Crippen LogP contribution in [0.4, 0.5) is 16.2 Å². The Kier molecular flexibility index (Phi) is 3.79. The molecule has 0 aromatic heterocycles. The second-order valence-corrected chi connectivity index (χ2v) is 2.81. The standard InChI is InChI=1S/C10H14N2O3/c1-3-15-10(13)12-8-6-7(11)4-5-9(8)14-2/h4-6H,3,11H2,1-2H3,(H,12,13). The maximum absolute atomic E-state index is 11.2. The zero-order valence-corrected chi connectivity index (χ0v) is 8.74. The number of rotatable bonds is 3. The third-order valence-corrected chi connectivity index (χ3v) is 1.74. The number of hydrogen-bond donors (Lipinski definition) is 2. The fourth-order valence-electron chi connectivity index (χ4n) is 1.10. The summed E-state index contributed by atoms with van der Waals surface area (Å²) in [6, 6.07) is 4.97. The summed E-state index contributed by atoms with van der Waals surface area (Å²) in [6.45, 7) is 2.05. The van der Waals surface area contributed by atoms with Crippen LogP contribution >= 0.6 is 0 Å². The van der Waals surface area contributed by atoms with Crippen molar-refractivity contribution in [3.8, 4) is 5.75 Å². The van der Waals surface area contributed by atoms with Gasteiger partial charge >= 0.3 is 6.09 Å². The van der Waals surface area contributed by atoms with Gasteiger partial charge in [0.05, 0.1) is 19.4 Å². The average molecular weight is 210 g/mol. The normalized spacial score (nSPS) is 9.47. The molecule has 1 aromatic rings. The Morgan fingerprint density at radius 2 is 2.27 bits per heavy atom. The monoisotopic (exact) mass is 210 g/mol. The molecule has 0 heterocycles. The van der Waals surface area contributed by atoms with Crippen LogP contribution in [0.15, 0.2) is 18.2 Å². The highest BCUT2D eigenvalue weighted by Gasteiger charge is 2.07. The van der Waals surface area contributed by atoms with Crippen molar-refractivity contribution >= 4 is 17.5 Å². The number of benzene rings is 1. The van der Waals surface area contributed by atoms with E-state index in [0.717, 1.165) is 0 Å². The lowest BCUT2D eigenvalue weighted by Crippen LogP contribution is -2.14. The minimum atomic E-state index is -0.526. The van der Waals surface area contributed by atoms with Crippen LogP contribution in [0.3, 0.4) is 0 Å². The average Bonchev–Trinajstić information content (AvgIpc) is 2.18. The molecule has 0 saturated carbocycles. The van der Waals surface area contributed by atoms with E-state index in [0.29, 0.717) is 23.7 Å². The molecule has 0 saturated heterocycles. The van der Waals surface area contributed by atoms with E-state index in [1.54, 1.807) is 25.1 Å². The van der Waals surface area contributed by atoms with Crippen molar-refractivity contribution < 1.29 is 14.3 Å². The van der Waals surface area contributed by atoms with Crippen LogP contribution in [0.5, 0.6) is 5.75 Å². The summed E-state index contributed by atoms with van der Waals surface area (Å²) in [4.78, 5) is 11.2. The number of carbonyl (C=O) groups excluding carboxylic acids is 1. The van der Waals surface area contributed by atoms with Crippen molar-refractivity contribution in [2.75, 3.05) is 24.8 Å². The van der Waals surface area contributed by atoms with Crippen molar-refractivity contribution in [2.24, 2.45) is 0 Å². The molecule has 0 aliphatic rings. The quantitative estimate of drug-likeness (QED) is 0.746. The number of nitrogen functional groups attached to an aromatic ring is 1. The van der Waals surface area contributed by atoms with Gasteiger partial charge in [-0.2, -0.15) is 0 Å². The predicted octanol–water partition coefficient (Wildman–Crippen LogP) is 1.85. The van der Waals surface area contributed by atoms with Gasteiger partial charge in [-0.15, -0.1) is 0 Å². The molecule has 0 unspecified atom stereocenters. The number of nitrogens with one attached hydrogen (secondary N) is 1. The molecular weight excluding hydrogens is 196 g/mol. The summed E-state index contributed by atoms with van der Waals surface area (Å²) < 4.78 is 9.79. The van der Waals surface area contributed by atoms with E-state index in [4.69, 9.17) is 15.2 Å². The molecule has 3 N–H and O–H groups in total. The van der Waals surface area contributed by atoms with E-state index in [-0.39, 0.29) is 0 Å². The summed E-state index contributed by atoms with van der Waals surface area (Å²) in [7, 11) is 1.52. The van der Waals surface area contributed by atoms with Crippen LogP contribution in [0, 0.1) is 0 Å². The van der Waals surface area contributed by atoms with Crippen LogP contribution in [0.2, 0.25) is 0 Å². The van der Waals surface area contributed by atoms with Crippen LogP contribution < -0.4 is 15.8 Å². The number of nitrogens with two attached hydrogens (primary N) is 1. The molecule has 0 aliphatic carbocycles. The van der Waals surface area contributed by atoms with Gasteiger partial charge in [0.15, 0.2) is 0 Å². The highest BCUT2D eigenvalue weighted by atomic mass is 16.5. The van der Waals surface area contributed by atoms with Gasteiger partial charge in [-0.05, 0) is 25.1 Å². The minimum absolute atomic E-state index is 0.316. The van der Waals surface area contributed by atoms with Gasteiger partial charge < -0.3 is 15.2 Å². The minimum Gasteiger partial charge on any atom is -0.495 e. The summed E-state index contributed by atoms with van der Waals surface area (Å²) in [5.74, 6) is 0.539. The summed E-state index contributed by atoms with van der Waals surface area (Å²) >= 11 is 0. The molecule has 82 valence electrons. The molecule has 0 fully saturated rings. The molecule has 0 bridgehead atoms. The largest absolute Gasteiger partial charge is 0.495 e. The lowest BCUT2D eigenvalue weighted by Gasteiger charge is -2.10. The fraction of sp³-hybridized carbons (Fsp3) is 0.300. The zero-order valence-electron chi connectivity index (χ0n) is 8.74. The Morgan fingerprint density at radius 1 is 1.53 bits per heavy atom. The number of anilines is 2. The van der Waals surface area contributed by atoms with Crippen molar-refractivity contribution in [2.45, 2.75) is 6.92 Å². The molecule has 0 atom stereocenters. The number of amides is 1. The molecular formula is C10H14N2O3. The maximum atomic E-state index is 11.2. The molecule has 15 heavy (non-hydrogen) atoms. The Bertz CT molecular complexity index is 353. The molecule has 0 radical (unpaired) electrons. The van der Waals surface area contributed by atoms with Crippen molar-refractivity contribution in [3.63, 3.8) is 0 Å². The number of hydrogen-bond acceptors (Lipinski definition) is 4. The van der Waals surface area contributed by atoms with Crippen molar-refractivity contribution in [1.29, 1.82) is 0 Å². The molecule has 5 nitrogen and oxygen atoms in total. The third-order valence-electron chi connectivity index (χ3n) is 1.74. The third kappa shape index (κ3) is 3.05. The van der Waals surface area contributed by atoms with Crippen LogP contribution in [0.25, 0.3) is 0 Å². The lowest BCUT2D eigenvalue weighted by molar-refractivity contribution is 0.168. The molecule has 5 heteroatoms.